The molecular weight excluding hydrogens is 436 g/mol. The normalized spacial score (nSPS) is 11.2. The number of rotatable bonds is 8. The smallest absolute Gasteiger partial charge is 0.253 e. The quantitative estimate of drug-likeness (QED) is 0.434. The van der Waals surface area contributed by atoms with E-state index in [9.17, 15) is 13.2 Å². The van der Waals surface area contributed by atoms with Crippen molar-refractivity contribution in [2.75, 3.05) is 10.6 Å². The SMILES string of the molecule is CS(=O)(=O)N(Cc1ccccc1)c1ccccc1C(=O)NCc1ccccc1-n1ccnc1. The van der Waals surface area contributed by atoms with E-state index in [2.05, 4.69) is 10.3 Å². The molecule has 0 bridgehead atoms. The minimum atomic E-state index is -3.63. The van der Waals surface area contributed by atoms with Gasteiger partial charge in [-0.2, -0.15) is 0 Å². The number of amides is 1. The summed E-state index contributed by atoms with van der Waals surface area (Å²) >= 11 is 0. The first-order chi connectivity index (χ1) is 15.9. The molecule has 1 N–H and O–H groups in total. The molecule has 1 aromatic heterocycles. The number of nitrogens with zero attached hydrogens (tertiary/aromatic N) is 3. The Morgan fingerprint density at radius 1 is 0.970 bits per heavy atom. The molecule has 0 unspecified atom stereocenters. The van der Waals surface area contributed by atoms with Gasteiger partial charge < -0.3 is 9.88 Å². The maximum Gasteiger partial charge on any atom is 0.253 e. The molecule has 0 saturated carbocycles. The number of para-hydroxylation sites is 2. The molecule has 0 aliphatic carbocycles. The molecular formula is C25H24N4O3S. The van der Waals surface area contributed by atoms with Gasteiger partial charge in [-0.25, -0.2) is 13.4 Å². The molecule has 0 saturated heterocycles. The van der Waals surface area contributed by atoms with Crippen LogP contribution in [0.15, 0.2) is 97.6 Å². The van der Waals surface area contributed by atoms with Crippen LogP contribution in [0.3, 0.4) is 0 Å². The summed E-state index contributed by atoms with van der Waals surface area (Å²) in [5, 5.41) is 2.93. The topological polar surface area (TPSA) is 84.3 Å². The Labute approximate surface area is 193 Å². The number of sulfonamides is 1. The second-order valence-electron chi connectivity index (χ2n) is 7.55. The van der Waals surface area contributed by atoms with E-state index >= 15 is 0 Å². The van der Waals surface area contributed by atoms with Gasteiger partial charge >= 0.3 is 0 Å². The van der Waals surface area contributed by atoms with Gasteiger partial charge in [-0.05, 0) is 29.3 Å². The van der Waals surface area contributed by atoms with Gasteiger partial charge in [0.1, 0.15) is 0 Å². The molecule has 0 atom stereocenters. The highest BCUT2D eigenvalue weighted by Gasteiger charge is 2.23. The molecule has 1 amide bonds. The van der Waals surface area contributed by atoms with Crippen LogP contribution in [0.1, 0.15) is 21.5 Å². The van der Waals surface area contributed by atoms with Crippen molar-refractivity contribution in [3.05, 3.63) is 114 Å². The molecule has 0 aliphatic heterocycles. The van der Waals surface area contributed by atoms with Crippen molar-refractivity contribution >= 4 is 21.6 Å². The second-order valence-corrected chi connectivity index (χ2v) is 9.46. The number of aromatic nitrogens is 2. The number of nitrogens with one attached hydrogen (secondary N) is 1. The zero-order valence-corrected chi connectivity index (χ0v) is 18.9. The van der Waals surface area contributed by atoms with Gasteiger partial charge in [0.2, 0.25) is 10.0 Å². The maximum absolute atomic E-state index is 13.2. The fourth-order valence-electron chi connectivity index (χ4n) is 3.60. The fraction of sp³-hybridized carbons (Fsp3) is 0.120. The molecule has 4 aromatic rings. The lowest BCUT2D eigenvalue weighted by Gasteiger charge is -2.25. The van der Waals surface area contributed by atoms with Crippen molar-refractivity contribution in [1.82, 2.24) is 14.9 Å². The van der Waals surface area contributed by atoms with E-state index < -0.39 is 10.0 Å². The maximum atomic E-state index is 13.2. The van der Waals surface area contributed by atoms with Crippen molar-refractivity contribution in [2.45, 2.75) is 13.1 Å². The van der Waals surface area contributed by atoms with Crippen LogP contribution < -0.4 is 9.62 Å². The van der Waals surface area contributed by atoms with Crippen molar-refractivity contribution in [3.63, 3.8) is 0 Å². The molecule has 3 aromatic carbocycles. The molecule has 0 radical (unpaired) electrons. The molecule has 0 spiro atoms. The van der Waals surface area contributed by atoms with Gasteiger partial charge in [0.15, 0.2) is 0 Å². The molecule has 7 nitrogen and oxygen atoms in total. The number of carbonyl (C=O) groups is 1. The molecule has 33 heavy (non-hydrogen) atoms. The van der Waals surface area contributed by atoms with Crippen LogP contribution in [0.2, 0.25) is 0 Å². The lowest BCUT2D eigenvalue weighted by molar-refractivity contribution is 0.0951. The molecule has 0 aliphatic rings. The van der Waals surface area contributed by atoms with Crippen LogP contribution in [0.4, 0.5) is 5.69 Å². The van der Waals surface area contributed by atoms with Crippen molar-refractivity contribution in [3.8, 4) is 5.69 Å². The third-order valence-corrected chi connectivity index (χ3v) is 6.33. The summed E-state index contributed by atoms with van der Waals surface area (Å²) in [5.41, 5.74) is 3.27. The predicted molar refractivity (Wildman–Crippen MR) is 129 cm³/mol. The van der Waals surface area contributed by atoms with Crippen LogP contribution >= 0.6 is 0 Å². The Bertz CT molecular complexity index is 1340. The standard InChI is InChI=1S/C25H24N4O3S/c1-33(31,32)29(18-20-9-3-2-4-10-20)24-14-8-6-12-22(24)25(30)27-17-21-11-5-7-13-23(21)28-16-15-26-19-28/h2-16,19H,17-18H2,1H3,(H,27,30). The fourth-order valence-corrected chi connectivity index (χ4v) is 4.50. The van der Waals surface area contributed by atoms with E-state index in [0.29, 0.717) is 11.3 Å². The first-order valence-corrected chi connectivity index (χ1v) is 12.2. The largest absolute Gasteiger partial charge is 0.348 e. The van der Waals surface area contributed by atoms with Crippen molar-refractivity contribution < 1.29 is 13.2 Å². The highest BCUT2D eigenvalue weighted by Crippen LogP contribution is 2.25. The average molecular weight is 461 g/mol. The van der Waals surface area contributed by atoms with Gasteiger partial charge in [0.25, 0.3) is 5.91 Å². The van der Waals surface area contributed by atoms with E-state index in [1.165, 1.54) is 4.31 Å². The highest BCUT2D eigenvalue weighted by molar-refractivity contribution is 7.92. The lowest BCUT2D eigenvalue weighted by Crippen LogP contribution is -2.32. The summed E-state index contributed by atoms with van der Waals surface area (Å²) in [6.45, 7) is 0.409. The number of imidazole rings is 1. The van der Waals surface area contributed by atoms with Gasteiger partial charge in [0.05, 0.1) is 36.1 Å². The van der Waals surface area contributed by atoms with Crippen molar-refractivity contribution in [2.24, 2.45) is 0 Å². The van der Waals surface area contributed by atoms with Crippen LogP contribution in [0.25, 0.3) is 5.69 Å². The molecule has 1 heterocycles. The number of hydrogen-bond acceptors (Lipinski definition) is 4. The number of hydrogen-bond donors (Lipinski definition) is 1. The molecule has 0 fully saturated rings. The van der Waals surface area contributed by atoms with Crippen LogP contribution in [0, 0.1) is 0 Å². The Morgan fingerprint density at radius 2 is 1.67 bits per heavy atom. The Hall–Kier alpha value is -3.91. The van der Waals surface area contributed by atoms with Gasteiger partial charge in [0, 0.05) is 18.9 Å². The van der Waals surface area contributed by atoms with E-state index in [1.54, 1.807) is 36.8 Å². The minimum absolute atomic E-state index is 0.132. The van der Waals surface area contributed by atoms with Crippen LogP contribution in [-0.4, -0.2) is 30.1 Å². The van der Waals surface area contributed by atoms with Crippen molar-refractivity contribution in [1.29, 1.82) is 0 Å². The van der Waals surface area contributed by atoms with Crippen LogP contribution in [0.5, 0.6) is 0 Å². The number of anilines is 1. The molecule has 168 valence electrons. The Balaban J connectivity index is 1.60. The summed E-state index contributed by atoms with van der Waals surface area (Å²) < 4.78 is 28.4. The number of benzene rings is 3. The van der Waals surface area contributed by atoms with E-state index in [0.717, 1.165) is 23.1 Å². The Kier molecular flexibility index (Phi) is 6.55. The van der Waals surface area contributed by atoms with Gasteiger partial charge in [-0.15, -0.1) is 0 Å². The third kappa shape index (κ3) is 5.30. The summed E-state index contributed by atoms with van der Waals surface area (Å²) in [6.07, 6.45) is 6.37. The first kappa shape index (κ1) is 22.3. The Morgan fingerprint density at radius 3 is 2.39 bits per heavy atom. The number of carbonyl (C=O) groups excluding carboxylic acids is 1. The molecule has 8 heteroatoms. The zero-order chi connectivity index (χ0) is 23.3. The first-order valence-electron chi connectivity index (χ1n) is 10.4. The monoisotopic (exact) mass is 460 g/mol. The van der Waals surface area contributed by atoms with Crippen LogP contribution in [-0.2, 0) is 23.1 Å². The molecule has 4 rings (SSSR count). The van der Waals surface area contributed by atoms with Gasteiger partial charge in [-0.1, -0.05) is 60.7 Å². The minimum Gasteiger partial charge on any atom is -0.348 e. The summed E-state index contributed by atoms with van der Waals surface area (Å²) in [6, 6.07) is 23.7. The predicted octanol–water partition coefficient (Wildman–Crippen LogP) is 3.77. The lowest BCUT2D eigenvalue weighted by atomic mass is 10.1. The summed E-state index contributed by atoms with van der Waals surface area (Å²) in [7, 11) is -3.63. The van der Waals surface area contributed by atoms with E-state index in [1.807, 2.05) is 65.4 Å². The second kappa shape index (κ2) is 9.70. The third-order valence-electron chi connectivity index (χ3n) is 5.20. The zero-order valence-electron chi connectivity index (χ0n) is 18.1. The summed E-state index contributed by atoms with van der Waals surface area (Å²) in [5.74, 6) is -0.354. The summed E-state index contributed by atoms with van der Waals surface area (Å²) in [4.78, 5) is 17.3. The highest BCUT2D eigenvalue weighted by atomic mass is 32.2. The van der Waals surface area contributed by atoms with E-state index in [4.69, 9.17) is 0 Å². The van der Waals surface area contributed by atoms with Gasteiger partial charge in [-0.3, -0.25) is 9.10 Å². The average Bonchev–Trinajstić information content (AvgIpc) is 3.36. The van der Waals surface area contributed by atoms with E-state index in [-0.39, 0.29) is 19.0 Å².